The van der Waals surface area contributed by atoms with Gasteiger partial charge in [0.05, 0.1) is 17.8 Å². The van der Waals surface area contributed by atoms with Crippen LogP contribution in [0.25, 0.3) is 0 Å². The van der Waals surface area contributed by atoms with Gasteiger partial charge in [-0.25, -0.2) is 6.54 Å². The summed E-state index contributed by atoms with van der Waals surface area (Å²) in [6.07, 6.45) is 2.61. The predicted molar refractivity (Wildman–Crippen MR) is 119 cm³/mol. The number of hydrogen-bond donors (Lipinski definition) is 0. The molecule has 4 rings (SSSR count). The summed E-state index contributed by atoms with van der Waals surface area (Å²) in [7, 11) is 1.67. The number of likely N-dealkylation sites (N-methyl/N-ethyl adjacent to an activating group) is 1. The predicted octanol–water partition coefficient (Wildman–Crippen LogP) is 3.11. The Morgan fingerprint density at radius 1 is 1.03 bits per heavy atom. The van der Waals surface area contributed by atoms with Gasteiger partial charge in [0.15, 0.2) is 0 Å². The first kappa shape index (κ1) is 24.5. The second-order valence-electron chi connectivity index (χ2n) is 8.54. The fourth-order valence-electron chi connectivity index (χ4n) is 4.15. The van der Waals surface area contributed by atoms with Crippen molar-refractivity contribution in [3.05, 3.63) is 71.8 Å². The maximum atomic E-state index is 13.3. The van der Waals surface area contributed by atoms with E-state index in [0.717, 1.165) is 24.0 Å². The number of nitrogens with zero attached hydrogens (tertiary/aromatic N) is 3. The van der Waals surface area contributed by atoms with E-state index in [1.165, 1.54) is 16.3 Å². The van der Waals surface area contributed by atoms with Gasteiger partial charge in [0.1, 0.15) is 5.91 Å². The third kappa shape index (κ3) is 5.41. The summed E-state index contributed by atoms with van der Waals surface area (Å²) in [6, 6.07) is 15.6. The molecule has 2 aromatic rings. The first-order valence-corrected chi connectivity index (χ1v) is 10.8. The molecular formula is C25H28N3O3Y-. The van der Waals surface area contributed by atoms with Crippen molar-refractivity contribution in [2.45, 2.75) is 26.2 Å². The summed E-state index contributed by atoms with van der Waals surface area (Å²) in [5, 5.41) is 0. The number of carbonyl (C=O) groups is 3. The van der Waals surface area contributed by atoms with Gasteiger partial charge in [0, 0.05) is 52.8 Å². The van der Waals surface area contributed by atoms with Crippen LogP contribution in [0.2, 0.25) is 0 Å². The van der Waals surface area contributed by atoms with E-state index in [0.29, 0.717) is 36.7 Å². The van der Waals surface area contributed by atoms with E-state index in [9.17, 15) is 14.4 Å². The zero-order valence-electron chi connectivity index (χ0n) is 18.7. The first-order valence-electron chi connectivity index (χ1n) is 10.8. The molecule has 0 unspecified atom stereocenters. The zero-order valence-corrected chi connectivity index (χ0v) is 21.5. The van der Waals surface area contributed by atoms with Crippen molar-refractivity contribution in [1.29, 1.82) is 0 Å². The third-order valence-electron chi connectivity index (χ3n) is 6.21. The van der Waals surface area contributed by atoms with Gasteiger partial charge in [0.25, 0.3) is 0 Å². The van der Waals surface area contributed by atoms with Crippen LogP contribution in [0.4, 0.5) is 5.69 Å². The van der Waals surface area contributed by atoms with Gasteiger partial charge >= 0.3 is 0 Å². The topological polar surface area (TPSA) is 60.9 Å². The molecule has 0 N–H and O–H groups in total. The fourth-order valence-corrected chi connectivity index (χ4v) is 4.15. The van der Waals surface area contributed by atoms with Crippen molar-refractivity contribution in [2.24, 2.45) is 5.92 Å². The van der Waals surface area contributed by atoms with Crippen LogP contribution in [0.5, 0.6) is 0 Å². The first-order chi connectivity index (χ1) is 14.9. The Bertz CT molecular complexity index is 987. The summed E-state index contributed by atoms with van der Waals surface area (Å²) in [6.45, 7) is 4.72. The van der Waals surface area contributed by atoms with Crippen molar-refractivity contribution in [1.82, 2.24) is 9.80 Å². The average Bonchev–Trinajstić information content (AvgIpc) is 2.86. The van der Waals surface area contributed by atoms with Crippen molar-refractivity contribution < 1.29 is 47.1 Å². The number of fused-ring (bicyclic) bond motifs is 1. The number of amides is 3. The van der Waals surface area contributed by atoms with Crippen LogP contribution in [0.1, 0.15) is 41.3 Å². The van der Waals surface area contributed by atoms with Gasteiger partial charge in [-0.05, 0) is 48.4 Å². The molecule has 32 heavy (non-hydrogen) atoms. The fraction of sp³-hybridized carbons (Fsp3) is 0.360. The van der Waals surface area contributed by atoms with Gasteiger partial charge in [-0.2, -0.15) is 0 Å². The Hall–Kier alpha value is -2.18. The Balaban J connectivity index is 0.00000289. The molecule has 2 aliphatic rings. The van der Waals surface area contributed by atoms with Crippen LogP contribution in [0, 0.1) is 12.5 Å². The molecule has 1 radical (unpaired) electrons. The van der Waals surface area contributed by atoms with Crippen LogP contribution in [-0.4, -0.2) is 54.2 Å². The Kier molecular flexibility index (Phi) is 8.12. The van der Waals surface area contributed by atoms with Crippen LogP contribution < -0.4 is 4.90 Å². The minimum atomic E-state index is -0.318. The van der Waals surface area contributed by atoms with Gasteiger partial charge in [-0.15, -0.1) is 0 Å². The number of benzene rings is 2. The molecule has 2 heterocycles. The average molecular weight is 507 g/mol. The van der Waals surface area contributed by atoms with Crippen LogP contribution >= 0.6 is 0 Å². The van der Waals surface area contributed by atoms with Crippen molar-refractivity contribution in [3.63, 3.8) is 0 Å². The number of likely N-dealkylation sites (tertiary alicyclic amines) is 1. The monoisotopic (exact) mass is 507 g/mol. The van der Waals surface area contributed by atoms with E-state index in [4.69, 9.17) is 0 Å². The number of hydrogen-bond acceptors (Lipinski definition) is 3. The third-order valence-corrected chi connectivity index (χ3v) is 6.21. The molecule has 0 spiro atoms. The van der Waals surface area contributed by atoms with Gasteiger partial charge in [-0.3, -0.25) is 9.59 Å². The van der Waals surface area contributed by atoms with Crippen LogP contribution in [0.3, 0.4) is 0 Å². The Labute approximate surface area is 214 Å². The zero-order chi connectivity index (χ0) is 22.0. The second-order valence-corrected chi connectivity index (χ2v) is 8.54. The second kappa shape index (κ2) is 10.6. The van der Waals surface area contributed by atoms with Gasteiger partial charge in [0.2, 0.25) is 11.8 Å². The van der Waals surface area contributed by atoms with E-state index in [1.807, 2.05) is 48.5 Å². The molecule has 2 aromatic carbocycles. The maximum absolute atomic E-state index is 13.3. The normalized spacial score (nSPS) is 16.9. The minimum absolute atomic E-state index is 0. The SMILES string of the molecule is CC1CCN(C(=O)[CH-]N2CC(=O)N(C)c3ccc(Cc4ccccc4)cc3C2=O)CC1.[Y]. The number of anilines is 1. The van der Waals surface area contributed by atoms with Gasteiger partial charge < -0.3 is 19.5 Å². The summed E-state index contributed by atoms with van der Waals surface area (Å²) < 4.78 is 0. The molecule has 0 saturated carbocycles. The Morgan fingerprint density at radius 3 is 2.41 bits per heavy atom. The van der Waals surface area contributed by atoms with Gasteiger partial charge in [-0.1, -0.05) is 43.3 Å². The van der Waals surface area contributed by atoms with E-state index >= 15 is 0 Å². The molecular weight excluding hydrogens is 479 g/mol. The van der Waals surface area contributed by atoms with E-state index in [-0.39, 0.29) is 57.0 Å². The summed E-state index contributed by atoms with van der Waals surface area (Å²) >= 11 is 0. The molecule has 7 heteroatoms. The summed E-state index contributed by atoms with van der Waals surface area (Å²) in [4.78, 5) is 43.4. The molecule has 0 bridgehead atoms. The van der Waals surface area contributed by atoms with Crippen LogP contribution in [-0.2, 0) is 48.7 Å². The summed E-state index contributed by atoms with van der Waals surface area (Å²) in [5.41, 5.74) is 3.14. The molecule has 0 atom stereocenters. The van der Waals surface area contributed by atoms with Crippen molar-refractivity contribution >= 4 is 23.4 Å². The molecule has 3 amide bonds. The summed E-state index contributed by atoms with van der Waals surface area (Å²) in [5.74, 6) is -0.144. The van der Waals surface area contributed by atoms with E-state index in [2.05, 4.69) is 6.92 Å². The minimum Gasteiger partial charge on any atom is -0.457 e. The van der Waals surface area contributed by atoms with E-state index in [1.54, 1.807) is 11.9 Å². The maximum Gasteiger partial charge on any atom is 0.244 e. The van der Waals surface area contributed by atoms with E-state index < -0.39 is 0 Å². The molecule has 1 saturated heterocycles. The molecule has 0 aliphatic carbocycles. The number of carbonyl (C=O) groups excluding carboxylic acids is 3. The van der Waals surface area contributed by atoms with Crippen LogP contribution in [0.15, 0.2) is 48.5 Å². The molecule has 6 nitrogen and oxygen atoms in total. The largest absolute Gasteiger partial charge is 0.457 e. The molecule has 1 fully saturated rings. The van der Waals surface area contributed by atoms with Crippen molar-refractivity contribution in [3.8, 4) is 0 Å². The molecule has 165 valence electrons. The molecule has 2 aliphatic heterocycles. The quantitative estimate of drug-likeness (QED) is 0.598. The smallest absolute Gasteiger partial charge is 0.244 e. The number of rotatable bonds is 4. The number of piperidine rings is 1. The van der Waals surface area contributed by atoms with Crippen molar-refractivity contribution in [2.75, 3.05) is 31.6 Å². The molecule has 0 aromatic heterocycles. The standard InChI is InChI=1S/C25H28N3O3.Y/c1-18-10-12-27(13-11-18)24(30)17-28-16-23(29)26(2)22-9-8-20(15-21(22)25(28)31)14-19-6-4-3-5-7-19;/h3-9,15,17-18H,10-14,16H2,1-2H3;/q-1;. The Morgan fingerprint density at radius 2 is 1.72 bits per heavy atom.